The normalized spacial score (nSPS) is 17.6. The summed E-state index contributed by atoms with van der Waals surface area (Å²) in [4.78, 5) is 14.4. The Kier molecular flexibility index (Phi) is 8.86. The molecule has 0 amide bonds. The molecule has 0 aromatic rings. The molecule has 0 saturated carbocycles. The van der Waals surface area contributed by atoms with Gasteiger partial charge in [-0.25, -0.2) is 0 Å². The van der Waals surface area contributed by atoms with Crippen LogP contribution in [0.4, 0.5) is 0 Å². The molecule has 0 aliphatic carbocycles. The van der Waals surface area contributed by atoms with E-state index in [1.165, 1.54) is 0 Å². The van der Waals surface area contributed by atoms with Gasteiger partial charge in [-0.1, -0.05) is 20.8 Å². The van der Waals surface area contributed by atoms with E-state index in [9.17, 15) is 4.91 Å². The van der Waals surface area contributed by atoms with E-state index < -0.39 is 0 Å². The molecule has 3 unspecified atom stereocenters. The van der Waals surface area contributed by atoms with Gasteiger partial charge in [0.15, 0.2) is 6.67 Å². The molecule has 0 fully saturated rings. The molecular formula is C13H26N2O2. The molecule has 4 heteroatoms. The van der Waals surface area contributed by atoms with E-state index in [-0.39, 0.29) is 12.8 Å². The first-order chi connectivity index (χ1) is 8.10. The zero-order valence-electron chi connectivity index (χ0n) is 11.8. The highest BCUT2D eigenvalue weighted by atomic mass is 16.5. The van der Waals surface area contributed by atoms with E-state index in [1.807, 2.05) is 0 Å². The van der Waals surface area contributed by atoms with Gasteiger partial charge in [-0.15, -0.1) is 4.91 Å². The van der Waals surface area contributed by atoms with Gasteiger partial charge in [-0.2, -0.15) is 0 Å². The number of methoxy groups -OCH3 is 1. The number of rotatable bonds is 9. The standard InChI is InChI=1S/C13H26N2O2/c1-6-12(8-10(3)11(4)17-5)13(7-2)14-9-15-16/h10-12H,6-9H2,1-5H3. The van der Waals surface area contributed by atoms with Gasteiger partial charge in [0.25, 0.3) is 0 Å². The first kappa shape index (κ1) is 16.2. The van der Waals surface area contributed by atoms with Gasteiger partial charge >= 0.3 is 0 Å². The minimum Gasteiger partial charge on any atom is -0.381 e. The Bertz CT molecular complexity index is 242. The summed E-state index contributed by atoms with van der Waals surface area (Å²) in [6.45, 7) is 8.58. The van der Waals surface area contributed by atoms with Crippen LogP contribution in [0.5, 0.6) is 0 Å². The summed E-state index contributed by atoms with van der Waals surface area (Å²) in [7, 11) is 1.74. The van der Waals surface area contributed by atoms with Crippen molar-refractivity contribution in [3.63, 3.8) is 0 Å². The van der Waals surface area contributed by atoms with E-state index >= 15 is 0 Å². The molecule has 0 radical (unpaired) electrons. The Balaban J connectivity index is 4.53. The molecule has 0 rings (SSSR count). The topological polar surface area (TPSA) is 51.0 Å². The van der Waals surface area contributed by atoms with Crippen molar-refractivity contribution in [3.8, 4) is 0 Å². The lowest BCUT2D eigenvalue weighted by Crippen LogP contribution is -2.23. The van der Waals surface area contributed by atoms with Crippen LogP contribution < -0.4 is 0 Å². The van der Waals surface area contributed by atoms with E-state index in [0.29, 0.717) is 11.8 Å². The lowest BCUT2D eigenvalue weighted by atomic mass is 9.86. The first-order valence-electron chi connectivity index (χ1n) is 6.45. The van der Waals surface area contributed by atoms with Crippen molar-refractivity contribution < 1.29 is 4.74 Å². The third kappa shape index (κ3) is 5.91. The maximum absolute atomic E-state index is 10.1. The molecule has 0 aliphatic rings. The van der Waals surface area contributed by atoms with Crippen molar-refractivity contribution >= 4 is 5.71 Å². The van der Waals surface area contributed by atoms with Crippen LogP contribution in [0, 0.1) is 16.7 Å². The van der Waals surface area contributed by atoms with Gasteiger partial charge in [0.1, 0.15) is 0 Å². The van der Waals surface area contributed by atoms with Crippen LogP contribution >= 0.6 is 0 Å². The number of hydrogen-bond donors (Lipinski definition) is 0. The highest BCUT2D eigenvalue weighted by molar-refractivity contribution is 5.86. The molecule has 17 heavy (non-hydrogen) atoms. The summed E-state index contributed by atoms with van der Waals surface area (Å²) in [6.07, 6.45) is 3.25. The Hall–Kier alpha value is -0.770. The monoisotopic (exact) mass is 242 g/mol. The summed E-state index contributed by atoms with van der Waals surface area (Å²) in [5.41, 5.74) is 1.11. The first-order valence-corrected chi connectivity index (χ1v) is 6.45. The molecule has 0 heterocycles. The number of hydrogen-bond acceptors (Lipinski definition) is 4. The van der Waals surface area contributed by atoms with Gasteiger partial charge < -0.3 is 4.74 Å². The zero-order chi connectivity index (χ0) is 13.3. The second kappa shape index (κ2) is 9.28. The predicted molar refractivity (Wildman–Crippen MR) is 72.4 cm³/mol. The molecule has 3 atom stereocenters. The fraction of sp³-hybridized carbons (Fsp3) is 0.923. The minimum absolute atomic E-state index is 0.0495. The van der Waals surface area contributed by atoms with Gasteiger partial charge in [-0.05, 0) is 43.2 Å². The van der Waals surface area contributed by atoms with E-state index in [4.69, 9.17) is 4.74 Å². The van der Waals surface area contributed by atoms with Crippen molar-refractivity contribution in [1.29, 1.82) is 0 Å². The summed E-state index contributed by atoms with van der Waals surface area (Å²) >= 11 is 0. The smallest absolute Gasteiger partial charge is 0.171 e. The zero-order valence-corrected chi connectivity index (χ0v) is 11.8. The molecule has 4 nitrogen and oxygen atoms in total. The van der Waals surface area contributed by atoms with Crippen molar-refractivity contribution in [2.45, 2.75) is 53.1 Å². The van der Waals surface area contributed by atoms with Gasteiger partial charge in [0.05, 0.1) is 6.10 Å². The van der Waals surface area contributed by atoms with Crippen molar-refractivity contribution in [2.75, 3.05) is 13.8 Å². The van der Waals surface area contributed by atoms with Crippen LogP contribution in [0.1, 0.15) is 47.0 Å². The van der Waals surface area contributed by atoms with Crippen LogP contribution in [-0.4, -0.2) is 25.6 Å². The summed E-state index contributed by atoms with van der Waals surface area (Å²) in [5, 5.41) is 2.81. The van der Waals surface area contributed by atoms with E-state index in [1.54, 1.807) is 7.11 Å². The average Bonchev–Trinajstić information content (AvgIpc) is 2.36. The van der Waals surface area contributed by atoms with E-state index in [0.717, 1.165) is 25.0 Å². The summed E-state index contributed by atoms with van der Waals surface area (Å²) in [5.74, 6) is 0.931. The van der Waals surface area contributed by atoms with Crippen LogP contribution in [0.25, 0.3) is 0 Å². The second-order valence-corrected chi connectivity index (χ2v) is 4.53. The molecule has 0 saturated heterocycles. The lowest BCUT2D eigenvalue weighted by Gasteiger charge is -2.24. The van der Waals surface area contributed by atoms with Crippen LogP contribution in [0.3, 0.4) is 0 Å². The lowest BCUT2D eigenvalue weighted by molar-refractivity contribution is 0.0666. The third-order valence-corrected chi connectivity index (χ3v) is 3.49. The Morgan fingerprint density at radius 1 is 1.29 bits per heavy atom. The Labute approximate surface area is 105 Å². The fourth-order valence-corrected chi connectivity index (χ4v) is 2.06. The van der Waals surface area contributed by atoms with Crippen LogP contribution in [-0.2, 0) is 4.74 Å². The molecule has 0 bridgehead atoms. The second-order valence-electron chi connectivity index (χ2n) is 4.53. The van der Waals surface area contributed by atoms with Gasteiger partial charge in [0, 0.05) is 12.8 Å². The average molecular weight is 242 g/mol. The maximum Gasteiger partial charge on any atom is 0.171 e. The van der Waals surface area contributed by atoms with Crippen molar-refractivity contribution in [2.24, 2.45) is 22.0 Å². The van der Waals surface area contributed by atoms with Crippen molar-refractivity contribution in [3.05, 3.63) is 4.91 Å². The number of aliphatic imine (C=N–C) groups is 1. The quantitative estimate of drug-likeness (QED) is 0.458. The molecule has 100 valence electrons. The summed E-state index contributed by atoms with van der Waals surface area (Å²) < 4.78 is 5.34. The molecule has 0 spiro atoms. The molecule has 0 aliphatic heterocycles. The van der Waals surface area contributed by atoms with Gasteiger partial charge in [0.2, 0.25) is 0 Å². The SMILES string of the molecule is CCC(=NCN=O)C(CC)CC(C)C(C)OC. The minimum atomic E-state index is 0.0495. The molecule has 0 aromatic heterocycles. The fourth-order valence-electron chi connectivity index (χ4n) is 2.06. The Morgan fingerprint density at radius 3 is 2.35 bits per heavy atom. The van der Waals surface area contributed by atoms with Gasteiger partial charge in [-0.3, -0.25) is 4.99 Å². The number of ether oxygens (including phenoxy) is 1. The highest BCUT2D eigenvalue weighted by Crippen LogP contribution is 2.22. The van der Waals surface area contributed by atoms with E-state index in [2.05, 4.69) is 37.9 Å². The number of nitroso groups, excluding NO2 is 1. The summed E-state index contributed by atoms with van der Waals surface area (Å²) in [6, 6.07) is 0. The van der Waals surface area contributed by atoms with Crippen LogP contribution in [0.15, 0.2) is 10.2 Å². The predicted octanol–water partition coefficient (Wildman–Crippen LogP) is 3.65. The molecule has 0 aromatic carbocycles. The molecular weight excluding hydrogens is 216 g/mol. The Morgan fingerprint density at radius 2 is 1.94 bits per heavy atom. The maximum atomic E-state index is 10.1. The van der Waals surface area contributed by atoms with Crippen molar-refractivity contribution in [1.82, 2.24) is 0 Å². The van der Waals surface area contributed by atoms with Crippen LogP contribution in [0.2, 0.25) is 0 Å². The number of nitrogens with zero attached hydrogens (tertiary/aromatic N) is 2. The third-order valence-electron chi connectivity index (χ3n) is 3.49. The molecule has 0 N–H and O–H groups in total. The highest BCUT2D eigenvalue weighted by Gasteiger charge is 2.19. The largest absolute Gasteiger partial charge is 0.381 e.